The molecule has 1 aromatic rings. The van der Waals surface area contributed by atoms with Gasteiger partial charge in [-0.3, -0.25) is 0 Å². The van der Waals surface area contributed by atoms with Gasteiger partial charge in [0.2, 0.25) is 0 Å². The number of ether oxygens (including phenoxy) is 6. The Bertz CT molecular complexity index is 517. The lowest BCUT2D eigenvalue weighted by molar-refractivity contribution is -0.327. The van der Waals surface area contributed by atoms with Crippen molar-refractivity contribution in [3.8, 4) is 0 Å². The second kappa shape index (κ2) is 18.7. The van der Waals surface area contributed by atoms with Crippen LogP contribution in [0.5, 0.6) is 0 Å². The summed E-state index contributed by atoms with van der Waals surface area (Å²) in [5, 5.41) is 2.51. The second-order valence-electron chi connectivity index (χ2n) is 8.63. The van der Waals surface area contributed by atoms with E-state index in [0.29, 0.717) is 39.6 Å². The third-order valence-electron chi connectivity index (χ3n) is 5.02. The topological polar surface area (TPSA) is 55.4 Å². The molecule has 0 aliphatic carbocycles. The standard InChI is InChI=1S/C26H50O6Si2/c1-7-17-27-25(28-18-8-2,29-19-9-3)33-23-13-15-24(16-14-23)34-26(30-20-10-4,31-21-11-5)32-22-12-6/h13-16H,7-12,17-22,33-34H2,1-6H3. The average molecular weight is 515 g/mol. The maximum atomic E-state index is 6.20. The third-order valence-corrected chi connectivity index (χ3v) is 8.87. The largest absolute Gasteiger partial charge is 0.332 e. The molecule has 1 rings (SSSR count). The molecule has 6 nitrogen and oxygen atoms in total. The normalized spacial score (nSPS) is 13.1. The van der Waals surface area contributed by atoms with E-state index in [1.165, 1.54) is 10.4 Å². The Hall–Kier alpha value is -0.586. The molecule has 0 N–H and O–H groups in total. The van der Waals surface area contributed by atoms with E-state index < -0.39 is 30.2 Å². The molecule has 0 spiro atoms. The van der Waals surface area contributed by atoms with Crippen molar-refractivity contribution in [1.82, 2.24) is 0 Å². The quantitative estimate of drug-likeness (QED) is 0.175. The van der Waals surface area contributed by atoms with E-state index >= 15 is 0 Å². The number of hydrogen-bond donors (Lipinski definition) is 0. The minimum Gasteiger partial charge on any atom is -0.332 e. The van der Waals surface area contributed by atoms with E-state index in [-0.39, 0.29) is 0 Å². The molecule has 34 heavy (non-hydrogen) atoms. The van der Waals surface area contributed by atoms with Crippen LogP contribution in [0, 0.1) is 0 Å². The molecule has 0 saturated heterocycles. The maximum Gasteiger partial charge on any atom is 0.254 e. The van der Waals surface area contributed by atoms with Gasteiger partial charge >= 0.3 is 0 Å². The zero-order valence-electron chi connectivity index (χ0n) is 22.7. The SMILES string of the molecule is CCCOC(OCCC)(OCCC)[SiH2]c1ccc([SiH2]C(OCCC)(OCCC)OCCC)cc1. The van der Waals surface area contributed by atoms with Gasteiger partial charge in [-0.2, -0.15) is 0 Å². The molecule has 0 fully saturated rings. The predicted molar refractivity (Wildman–Crippen MR) is 146 cm³/mol. The molecule has 198 valence electrons. The van der Waals surface area contributed by atoms with Crippen molar-refractivity contribution in [3.05, 3.63) is 24.3 Å². The summed E-state index contributed by atoms with van der Waals surface area (Å²) in [5.74, 6) is 0. The van der Waals surface area contributed by atoms with E-state index in [4.69, 9.17) is 28.4 Å². The zero-order valence-corrected chi connectivity index (χ0v) is 25.5. The summed E-state index contributed by atoms with van der Waals surface area (Å²) in [5.41, 5.74) is -1.80. The molecule has 8 heteroatoms. The van der Waals surface area contributed by atoms with E-state index in [2.05, 4.69) is 65.8 Å². The molecule has 1 aromatic carbocycles. The third kappa shape index (κ3) is 11.9. The summed E-state index contributed by atoms with van der Waals surface area (Å²) >= 11 is 0. The van der Waals surface area contributed by atoms with Crippen molar-refractivity contribution in [2.24, 2.45) is 0 Å². The van der Waals surface area contributed by atoms with Crippen LogP contribution >= 0.6 is 0 Å². The fourth-order valence-corrected chi connectivity index (χ4v) is 6.80. The first kappa shape index (κ1) is 31.4. The van der Waals surface area contributed by atoms with Crippen LogP contribution in [-0.2, 0) is 28.4 Å². The monoisotopic (exact) mass is 514 g/mol. The van der Waals surface area contributed by atoms with Crippen molar-refractivity contribution in [1.29, 1.82) is 0 Å². The smallest absolute Gasteiger partial charge is 0.254 e. The highest BCUT2D eigenvalue weighted by atomic mass is 28.2. The molecule has 0 radical (unpaired) electrons. The highest BCUT2D eigenvalue weighted by molar-refractivity contribution is 6.57. The lowest BCUT2D eigenvalue weighted by Gasteiger charge is -2.34. The molecule has 0 aliphatic rings. The Morgan fingerprint density at radius 1 is 0.441 bits per heavy atom. The fraction of sp³-hybridized carbons (Fsp3) is 0.769. The molecular formula is C26H50O6Si2. The van der Waals surface area contributed by atoms with E-state index in [9.17, 15) is 0 Å². The first-order chi connectivity index (χ1) is 16.5. The number of hydrogen-bond acceptors (Lipinski definition) is 6. The first-order valence-corrected chi connectivity index (χ1v) is 16.3. The Morgan fingerprint density at radius 3 is 0.824 bits per heavy atom. The van der Waals surface area contributed by atoms with Crippen LogP contribution in [0.15, 0.2) is 24.3 Å². The first-order valence-electron chi connectivity index (χ1n) is 13.4. The van der Waals surface area contributed by atoms with Crippen molar-refractivity contribution in [2.45, 2.75) is 91.3 Å². The van der Waals surface area contributed by atoms with Crippen LogP contribution in [0.1, 0.15) is 80.1 Å². The van der Waals surface area contributed by atoms with Crippen molar-refractivity contribution in [3.63, 3.8) is 0 Å². The summed E-state index contributed by atoms with van der Waals surface area (Å²) in [4.78, 5) is 0. The molecule has 0 heterocycles. The van der Waals surface area contributed by atoms with Gasteiger partial charge in [-0.15, -0.1) is 0 Å². The van der Waals surface area contributed by atoms with Gasteiger partial charge in [-0.1, -0.05) is 76.2 Å². The lowest BCUT2D eigenvalue weighted by Crippen LogP contribution is -2.52. The van der Waals surface area contributed by atoms with E-state index in [0.717, 1.165) is 38.5 Å². The minimum atomic E-state index is -1.01. The van der Waals surface area contributed by atoms with Gasteiger partial charge in [-0.05, 0) is 38.5 Å². The Balaban J connectivity index is 3.05. The lowest BCUT2D eigenvalue weighted by atomic mass is 10.4. The molecule has 0 atom stereocenters. The predicted octanol–water partition coefficient (Wildman–Crippen LogP) is 3.06. The van der Waals surface area contributed by atoms with Crippen LogP contribution in [-0.4, -0.2) is 69.9 Å². The average Bonchev–Trinajstić information content (AvgIpc) is 2.86. The fourth-order valence-electron chi connectivity index (χ4n) is 3.38. The van der Waals surface area contributed by atoms with Gasteiger partial charge in [-0.25, -0.2) is 0 Å². The summed E-state index contributed by atoms with van der Waals surface area (Å²) in [6, 6.07) is 8.81. The molecular weight excluding hydrogens is 464 g/mol. The molecule has 0 aromatic heterocycles. The van der Waals surface area contributed by atoms with Gasteiger partial charge in [0.1, 0.15) is 0 Å². The van der Waals surface area contributed by atoms with Gasteiger partial charge < -0.3 is 28.4 Å². The summed E-state index contributed by atoms with van der Waals surface area (Å²) in [7, 11) is -2.02. The van der Waals surface area contributed by atoms with Gasteiger partial charge in [0.05, 0.1) is 39.6 Å². The summed E-state index contributed by atoms with van der Waals surface area (Å²) in [6.07, 6.45) is 5.59. The van der Waals surface area contributed by atoms with Crippen LogP contribution in [0.3, 0.4) is 0 Å². The van der Waals surface area contributed by atoms with Crippen LogP contribution < -0.4 is 10.4 Å². The van der Waals surface area contributed by atoms with Crippen molar-refractivity contribution >= 4 is 29.4 Å². The minimum absolute atomic E-state index is 0.631. The maximum absolute atomic E-state index is 6.20. The van der Waals surface area contributed by atoms with Crippen molar-refractivity contribution < 1.29 is 28.4 Å². The molecule has 0 amide bonds. The van der Waals surface area contributed by atoms with Crippen molar-refractivity contribution in [2.75, 3.05) is 39.6 Å². The van der Waals surface area contributed by atoms with E-state index in [1.54, 1.807) is 0 Å². The Labute approximate surface area is 213 Å². The van der Waals surface area contributed by atoms with Crippen LogP contribution in [0.2, 0.25) is 0 Å². The summed E-state index contributed by atoms with van der Waals surface area (Å²) in [6.45, 7) is 16.5. The van der Waals surface area contributed by atoms with Crippen LogP contribution in [0.4, 0.5) is 0 Å². The van der Waals surface area contributed by atoms with Gasteiger partial charge in [0, 0.05) is 0 Å². The second-order valence-corrected chi connectivity index (χ2v) is 12.7. The van der Waals surface area contributed by atoms with Crippen LogP contribution in [0.25, 0.3) is 0 Å². The summed E-state index contributed by atoms with van der Waals surface area (Å²) < 4.78 is 37.2. The molecule has 0 saturated carbocycles. The highest BCUT2D eigenvalue weighted by Crippen LogP contribution is 2.18. The molecule has 0 unspecified atom stereocenters. The highest BCUT2D eigenvalue weighted by Gasteiger charge is 2.35. The van der Waals surface area contributed by atoms with Gasteiger partial charge in [0.15, 0.2) is 19.0 Å². The zero-order chi connectivity index (χ0) is 25.1. The van der Waals surface area contributed by atoms with E-state index in [1.807, 2.05) is 0 Å². The number of rotatable bonds is 22. The number of benzene rings is 1. The Morgan fingerprint density at radius 2 is 0.647 bits per heavy atom. The van der Waals surface area contributed by atoms with Gasteiger partial charge in [0.25, 0.3) is 11.2 Å². The molecule has 0 aliphatic heterocycles. The molecule has 0 bridgehead atoms. The Kier molecular flexibility index (Phi) is 17.2.